The number of hydrogen-bond acceptors (Lipinski definition) is 2. The first kappa shape index (κ1) is 15.2. The summed E-state index contributed by atoms with van der Waals surface area (Å²) in [6.07, 6.45) is 0.656. The predicted octanol–water partition coefficient (Wildman–Crippen LogP) is 2.15. The summed E-state index contributed by atoms with van der Waals surface area (Å²) >= 11 is 0. The van der Waals surface area contributed by atoms with Crippen molar-refractivity contribution in [2.45, 2.75) is 39.7 Å². The highest BCUT2D eigenvalue weighted by molar-refractivity contribution is 5.83. The first-order chi connectivity index (χ1) is 8.90. The molecule has 2 N–H and O–H groups in total. The number of amides is 1. The normalized spacial score (nSPS) is 12.2. The van der Waals surface area contributed by atoms with Gasteiger partial charge in [0.1, 0.15) is 6.04 Å². The van der Waals surface area contributed by atoms with Crippen LogP contribution in [0.5, 0.6) is 0 Å². The van der Waals surface area contributed by atoms with Crippen LogP contribution in [-0.4, -0.2) is 23.0 Å². The molecular formula is C15H21NO3. The van der Waals surface area contributed by atoms with Crippen molar-refractivity contribution < 1.29 is 14.7 Å². The van der Waals surface area contributed by atoms with E-state index < -0.39 is 12.0 Å². The van der Waals surface area contributed by atoms with Gasteiger partial charge in [0.05, 0.1) is 0 Å². The van der Waals surface area contributed by atoms with E-state index in [1.54, 1.807) is 0 Å². The van der Waals surface area contributed by atoms with Crippen molar-refractivity contribution >= 4 is 11.9 Å². The zero-order valence-corrected chi connectivity index (χ0v) is 11.6. The Labute approximate surface area is 113 Å². The number of carboxylic acid groups (broad SMARTS) is 1. The van der Waals surface area contributed by atoms with Crippen LogP contribution in [0, 0.1) is 12.8 Å². The Morgan fingerprint density at radius 3 is 2.42 bits per heavy atom. The molecule has 0 aromatic heterocycles. The summed E-state index contributed by atoms with van der Waals surface area (Å²) in [5.41, 5.74) is 1.98. The summed E-state index contributed by atoms with van der Waals surface area (Å²) in [6.45, 7) is 5.79. The van der Waals surface area contributed by atoms with Gasteiger partial charge in [0, 0.05) is 12.8 Å². The molecule has 0 unspecified atom stereocenters. The second kappa shape index (κ2) is 6.92. The monoisotopic (exact) mass is 263 g/mol. The molecular weight excluding hydrogens is 242 g/mol. The maximum absolute atomic E-state index is 11.7. The molecule has 0 heterocycles. The molecule has 0 aliphatic heterocycles. The van der Waals surface area contributed by atoms with E-state index in [1.165, 1.54) is 0 Å². The molecule has 1 rings (SSSR count). The van der Waals surface area contributed by atoms with Crippen LogP contribution >= 0.6 is 0 Å². The smallest absolute Gasteiger partial charge is 0.326 e. The van der Waals surface area contributed by atoms with Crippen molar-refractivity contribution in [3.05, 3.63) is 35.4 Å². The predicted molar refractivity (Wildman–Crippen MR) is 73.9 cm³/mol. The number of rotatable bonds is 6. The standard InChI is InChI=1S/C15H21NO3/c1-10(2)8-14(17)16-13(15(18)19)9-12-7-5-4-6-11(12)3/h4-7,10,13H,8-9H2,1-3H3,(H,16,17)(H,18,19)/t13-/m0/s1. The number of aryl methyl sites for hydroxylation is 1. The van der Waals surface area contributed by atoms with Crippen molar-refractivity contribution in [3.63, 3.8) is 0 Å². The van der Waals surface area contributed by atoms with Gasteiger partial charge >= 0.3 is 5.97 Å². The van der Waals surface area contributed by atoms with E-state index >= 15 is 0 Å². The molecule has 1 aromatic carbocycles. The Hall–Kier alpha value is -1.84. The van der Waals surface area contributed by atoms with Crippen LogP contribution in [0.25, 0.3) is 0 Å². The molecule has 0 aliphatic rings. The first-order valence-electron chi connectivity index (χ1n) is 6.46. The summed E-state index contributed by atoms with van der Waals surface area (Å²) in [6, 6.07) is 6.74. The van der Waals surface area contributed by atoms with Gasteiger partial charge in [-0.3, -0.25) is 4.79 Å². The van der Waals surface area contributed by atoms with Gasteiger partial charge < -0.3 is 10.4 Å². The topological polar surface area (TPSA) is 66.4 Å². The number of carbonyl (C=O) groups excluding carboxylic acids is 1. The van der Waals surface area contributed by atoms with E-state index in [4.69, 9.17) is 0 Å². The minimum atomic E-state index is -1.000. The minimum absolute atomic E-state index is 0.212. The van der Waals surface area contributed by atoms with Gasteiger partial charge in [-0.15, -0.1) is 0 Å². The summed E-state index contributed by atoms with van der Waals surface area (Å²) in [5, 5.41) is 11.8. The molecule has 0 radical (unpaired) electrons. The third-order valence-corrected chi connectivity index (χ3v) is 2.91. The molecule has 19 heavy (non-hydrogen) atoms. The number of hydrogen-bond donors (Lipinski definition) is 2. The lowest BCUT2D eigenvalue weighted by Crippen LogP contribution is -2.42. The fourth-order valence-corrected chi connectivity index (χ4v) is 1.88. The van der Waals surface area contributed by atoms with Crippen molar-refractivity contribution in [1.82, 2.24) is 5.32 Å². The number of aliphatic carboxylic acids is 1. The zero-order valence-electron chi connectivity index (χ0n) is 11.6. The summed E-state index contributed by atoms with van der Waals surface area (Å²) in [5.74, 6) is -0.996. The van der Waals surface area contributed by atoms with Gasteiger partial charge in [-0.05, 0) is 24.0 Å². The van der Waals surface area contributed by atoms with Crippen LogP contribution in [0.4, 0.5) is 0 Å². The molecule has 1 aromatic rings. The average Bonchev–Trinajstić information content (AvgIpc) is 2.29. The highest BCUT2D eigenvalue weighted by Gasteiger charge is 2.21. The van der Waals surface area contributed by atoms with Crippen molar-refractivity contribution in [1.29, 1.82) is 0 Å². The van der Waals surface area contributed by atoms with Crippen molar-refractivity contribution in [3.8, 4) is 0 Å². The van der Waals surface area contributed by atoms with Crippen LogP contribution in [0.2, 0.25) is 0 Å². The van der Waals surface area contributed by atoms with E-state index in [1.807, 2.05) is 45.0 Å². The number of carbonyl (C=O) groups is 2. The lowest BCUT2D eigenvalue weighted by molar-refractivity contribution is -0.141. The Balaban J connectivity index is 2.71. The third-order valence-electron chi connectivity index (χ3n) is 2.91. The average molecular weight is 263 g/mol. The van der Waals surface area contributed by atoms with Crippen molar-refractivity contribution in [2.75, 3.05) is 0 Å². The Kier molecular flexibility index (Phi) is 5.55. The zero-order chi connectivity index (χ0) is 14.4. The minimum Gasteiger partial charge on any atom is -0.480 e. The second-order valence-electron chi connectivity index (χ2n) is 5.19. The van der Waals surface area contributed by atoms with Crippen LogP contribution in [0.1, 0.15) is 31.4 Å². The third kappa shape index (κ3) is 5.12. The van der Waals surface area contributed by atoms with Crippen LogP contribution < -0.4 is 5.32 Å². The van der Waals surface area contributed by atoms with Crippen LogP contribution in [-0.2, 0) is 16.0 Å². The van der Waals surface area contributed by atoms with Gasteiger partial charge in [-0.2, -0.15) is 0 Å². The largest absolute Gasteiger partial charge is 0.480 e. The Morgan fingerprint density at radius 2 is 1.89 bits per heavy atom. The number of carboxylic acids is 1. The Morgan fingerprint density at radius 1 is 1.26 bits per heavy atom. The quantitative estimate of drug-likeness (QED) is 0.826. The molecule has 1 atom stereocenters. The molecule has 0 aliphatic carbocycles. The van der Waals surface area contributed by atoms with Gasteiger partial charge in [-0.25, -0.2) is 4.79 Å². The van der Waals surface area contributed by atoms with E-state index in [-0.39, 0.29) is 11.8 Å². The van der Waals surface area contributed by atoms with Gasteiger partial charge in [-0.1, -0.05) is 38.1 Å². The second-order valence-corrected chi connectivity index (χ2v) is 5.19. The summed E-state index contributed by atoms with van der Waals surface area (Å²) in [4.78, 5) is 22.9. The fraction of sp³-hybridized carbons (Fsp3) is 0.467. The molecule has 4 heteroatoms. The maximum Gasteiger partial charge on any atom is 0.326 e. The van der Waals surface area contributed by atoms with Crippen LogP contribution in [0.3, 0.4) is 0 Å². The van der Waals surface area contributed by atoms with Crippen LogP contribution in [0.15, 0.2) is 24.3 Å². The van der Waals surface area contributed by atoms with Gasteiger partial charge in [0.25, 0.3) is 0 Å². The summed E-state index contributed by atoms with van der Waals surface area (Å²) in [7, 11) is 0. The lowest BCUT2D eigenvalue weighted by Gasteiger charge is -2.16. The highest BCUT2D eigenvalue weighted by Crippen LogP contribution is 2.10. The molecule has 0 saturated carbocycles. The molecule has 0 fully saturated rings. The highest BCUT2D eigenvalue weighted by atomic mass is 16.4. The lowest BCUT2D eigenvalue weighted by atomic mass is 10.0. The first-order valence-corrected chi connectivity index (χ1v) is 6.46. The van der Waals surface area contributed by atoms with E-state index in [0.717, 1.165) is 11.1 Å². The molecule has 104 valence electrons. The molecule has 0 spiro atoms. The molecule has 0 saturated heterocycles. The Bertz CT molecular complexity index is 454. The van der Waals surface area contributed by atoms with E-state index in [9.17, 15) is 14.7 Å². The molecule has 0 bridgehead atoms. The maximum atomic E-state index is 11.7. The number of benzene rings is 1. The van der Waals surface area contributed by atoms with Crippen molar-refractivity contribution in [2.24, 2.45) is 5.92 Å². The molecule has 1 amide bonds. The van der Waals surface area contributed by atoms with Gasteiger partial charge in [0.2, 0.25) is 5.91 Å². The fourth-order valence-electron chi connectivity index (χ4n) is 1.88. The SMILES string of the molecule is Cc1ccccc1C[C@H](NC(=O)CC(C)C)C(=O)O. The molecule has 4 nitrogen and oxygen atoms in total. The van der Waals surface area contributed by atoms with Gasteiger partial charge in [0.15, 0.2) is 0 Å². The van der Waals surface area contributed by atoms with E-state index in [2.05, 4.69) is 5.32 Å². The number of nitrogens with one attached hydrogen (secondary N) is 1. The summed E-state index contributed by atoms with van der Waals surface area (Å²) < 4.78 is 0. The van der Waals surface area contributed by atoms with E-state index in [0.29, 0.717) is 12.8 Å².